The Morgan fingerprint density at radius 2 is 1.05 bits per heavy atom. The van der Waals surface area contributed by atoms with Gasteiger partial charge < -0.3 is 14.2 Å². The largest absolute Gasteiger partial charge is 0.494 e. The molecule has 4 rings (SSSR count). The number of benzene rings is 4. The fourth-order valence-electron chi connectivity index (χ4n) is 4.20. The smallest absolute Gasteiger partial charge is 0.307 e. The van der Waals surface area contributed by atoms with Crippen molar-refractivity contribution in [2.24, 2.45) is 0 Å². The van der Waals surface area contributed by atoms with Crippen LogP contribution in [-0.4, -0.2) is 28.2 Å². The highest BCUT2D eigenvalue weighted by Gasteiger charge is 2.43. The molecule has 39 heavy (non-hydrogen) atoms. The van der Waals surface area contributed by atoms with Crippen LogP contribution in [-0.2, 0) is 13.7 Å². The van der Waals surface area contributed by atoms with E-state index < -0.39 is 20.4 Å². The van der Waals surface area contributed by atoms with Crippen molar-refractivity contribution in [1.82, 2.24) is 0 Å². The van der Waals surface area contributed by atoms with E-state index in [-0.39, 0.29) is 4.90 Å². The fraction of sp³-hybridized carbons (Fsp3) is 0.226. The number of aryl methyl sites for hydroxylation is 1. The maximum Gasteiger partial charge on any atom is 0.307 e. The molecule has 0 N–H and O–H groups in total. The van der Waals surface area contributed by atoms with Gasteiger partial charge in [0, 0.05) is 21.9 Å². The predicted octanol–water partition coefficient (Wildman–Crippen LogP) is 7.79. The van der Waals surface area contributed by atoms with Crippen molar-refractivity contribution in [2.75, 3.05) is 19.8 Å². The first-order valence-corrected chi connectivity index (χ1v) is 15.8. The maximum atomic E-state index is 14.1. The molecule has 0 aliphatic carbocycles. The van der Waals surface area contributed by atoms with Gasteiger partial charge in [-0.1, -0.05) is 54.1 Å². The summed E-state index contributed by atoms with van der Waals surface area (Å²) in [5.41, 5.74) is 0.947. The lowest BCUT2D eigenvalue weighted by Gasteiger charge is -2.41. The molecule has 0 saturated carbocycles. The van der Waals surface area contributed by atoms with Crippen LogP contribution in [0.25, 0.3) is 0 Å². The van der Waals surface area contributed by atoms with Gasteiger partial charge in [-0.15, -0.1) is 0 Å². The topological polar surface area (TPSA) is 71.1 Å². The summed E-state index contributed by atoms with van der Waals surface area (Å²) in [6.45, 7) is 8.70. The van der Waals surface area contributed by atoms with E-state index in [1.54, 1.807) is 36.4 Å². The van der Waals surface area contributed by atoms with Gasteiger partial charge in [0.1, 0.15) is 22.1 Å². The summed E-state index contributed by atoms with van der Waals surface area (Å²) in [7, 11) is -7.25. The molecule has 0 aliphatic rings. The Morgan fingerprint density at radius 3 is 1.49 bits per heavy atom. The van der Waals surface area contributed by atoms with Gasteiger partial charge in [0.2, 0.25) is 0 Å². The molecule has 4 aromatic carbocycles. The Morgan fingerprint density at radius 1 is 0.590 bits per heavy atom. The minimum absolute atomic E-state index is 0.0682. The number of rotatable bonds is 12. The van der Waals surface area contributed by atoms with Crippen molar-refractivity contribution < 1.29 is 26.3 Å². The van der Waals surface area contributed by atoms with Crippen molar-refractivity contribution in [3.8, 4) is 17.2 Å². The second-order valence-corrected chi connectivity index (χ2v) is 13.0. The van der Waals surface area contributed by atoms with Crippen LogP contribution >= 0.6 is 10.3 Å². The van der Waals surface area contributed by atoms with E-state index in [2.05, 4.69) is 0 Å². The quantitative estimate of drug-likeness (QED) is 0.174. The van der Waals surface area contributed by atoms with Crippen LogP contribution in [0.5, 0.6) is 17.2 Å². The summed E-state index contributed by atoms with van der Waals surface area (Å²) in [5, 5.41) is 0. The van der Waals surface area contributed by atoms with Gasteiger partial charge in [-0.3, -0.25) is 0 Å². The first-order valence-electron chi connectivity index (χ1n) is 12.9. The third-order valence-electron chi connectivity index (χ3n) is 5.84. The maximum absolute atomic E-state index is 14.1. The molecule has 6 nitrogen and oxygen atoms in total. The Hall–Kier alpha value is -3.46. The predicted molar refractivity (Wildman–Crippen MR) is 155 cm³/mol. The SMILES string of the molecule is CCOc1cc(OCC)c(S(OS(=O)(=O)c2ccc(C)cc2)(c2ccccc2)c2ccccc2)c(OCC)c1. The van der Waals surface area contributed by atoms with Crippen molar-refractivity contribution in [2.45, 2.75) is 47.3 Å². The third-order valence-corrected chi connectivity index (χ3v) is 11.1. The first kappa shape index (κ1) is 28.5. The molecule has 0 aliphatic heterocycles. The van der Waals surface area contributed by atoms with E-state index in [9.17, 15) is 8.42 Å². The third kappa shape index (κ3) is 6.08. The zero-order valence-electron chi connectivity index (χ0n) is 22.6. The zero-order chi connectivity index (χ0) is 27.9. The molecule has 206 valence electrons. The van der Waals surface area contributed by atoms with Crippen molar-refractivity contribution in [3.05, 3.63) is 103 Å². The average Bonchev–Trinajstić information content (AvgIpc) is 2.94. The van der Waals surface area contributed by atoms with Crippen LogP contribution in [0.2, 0.25) is 0 Å². The summed E-state index contributed by atoms with van der Waals surface area (Å²) in [4.78, 5) is 1.94. The lowest BCUT2D eigenvalue weighted by atomic mass is 10.2. The standard InChI is InChI=1S/C31H34O6S2/c1-5-34-25-22-29(35-6-2)31(30(23-25)36-7-3)38(26-14-10-8-11-15-26,27-16-12-9-13-17-27)37-39(32,33)28-20-18-24(4)19-21-28/h8-23H,5-7H2,1-4H3. The average molecular weight is 567 g/mol. The van der Waals surface area contributed by atoms with E-state index in [0.29, 0.717) is 51.8 Å². The molecule has 0 atom stereocenters. The van der Waals surface area contributed by atoms with Crippen LogP contribution in [0.3, 0.4) is 0 Å². The fourth-order valence-corrected chi connectivity index (χ4v) is 9.58. The molecule has 8 heteroatoms. The highest BCUT2D eigenvalue weighted by Crippen LogP contribution is 2.74. The number of ether oxygens (including phenoxy) is 3. The molecule has 4 aromatic rings. The van der Waals surface area contributed by atoms with Crippen molar-refractivity contribution >= 4 is 20.4 Å². The molecule has 0 radical (unpaired) electrons. The van der Waals surface area contributed by atoms with Gasteiger partial charge >= 0.3 is 10.1 Å². The van der Waals surface area contributed by atoms with Crippen LogP contribution in [0.1, 0.15) is 26.3 Å². The summed E-state index contributed by atoms with van der Waals surface area (Å²) in [6.07, 6.45) is 0. The lowest BCUT2D eigenvalue weighted by molar-refractivity contribution is 0.294. The molecule has 0 amide bonds. The van der Waals surface area contributed by atoms with E-state index in [4.69, 9.17) is 17.8 Å². The number of hydrogen-bond donors (Lipinski definition) is 0. The van der Waals surface area contributed by atoms with E-state index in [1.165, 1.54) is 0 Å². The summed E-state index contributed by atoms with van der Waals surface area (Å²) in [5.74, 6) is 1.44. The van der Waals surface area contributed by atoms with E-state index >= 15 is 0 Å². The minimum atomic E-state index is -4.27. The van der Waals surface area contributed by atoms with Gasteiger partial charge in [0.15, 0.2) is 0 Å². The molecule has 0 aromatic heterocycles. The molecule has 0 spiro atoms. The number of hydrogen-bond acceptors (Lipinski definition) is 6. The van der Waals surface area contributed by atoms with Gasteiger partial charge in [0.25, 0.3) is 0 Å². The van der Waals surface area contributed by atoms with Crippen molar-refractivity contribution in [3.63, 3.8) is 0 Å². The molecule has 0 saturated heterocycles. The molecule has 0 unspecified atom stereocenters. The van der Waals surface area contributed by atoms with Gasteiger partial charge in [0.05, 0.1) is 24.7 Å². The first-order chi connectivity index (χ1) is 18.9. The van der Waals surface area contributed by atoms with E-state index in [1.807, 2.05) is 88.4 Å². The zero-order valence-corrected chi connectivity index (χ0v) is 24.3. The monoisotopic (exact) mass is 566 g/mol. The second-order valence-electron chi connectivity index (χ2n) is 8.57. The summed E-state index contributed by atoms with van der Waals surface area (Å²) < 4.78 is 52.9. The van der Waals surface area contributed by atoms with E-state index in [0.717, 1.165) is 5.56 Å². The molecular weight excluding hydrogens is 532 g/mol. The van der Waals surface area contributed by atoms with Crippen LogP contribution < -0.4 is 14.2 Å². The summed E-state index contributed by atoms with van der Waals surface area (Å²) >= 11 is 0. The molecular formula is C31H34O6S2. The van der Waals surface area contributed by atoms with Crippen LogP contribution in [0, 0.1) is 6.92 Å². The van der Waals surface area contributed by atoms with Crippen LogP contribution in [0.4, 0.5) is 0 Å². The minimum Gasteiger partial charge on any atom is -0.494 e. The lowest BCUT2D eigenvalue weighted by Crippen LogP contribution is -2.17. The van der Waals surface area contributed by atoms with Crippen molar-refractivity contribution in [1.29, 1.82) is 0 Å². The van der Waals surface area contributed by atoms with Gasteiger partial charge in [-0.2, -0.15) is 8.42 Å². The molecule has 0 bridgehead atoms. The van der Waals surface area contributed by atoms with Gasteiger partial charge in [-0.25, -0.2) is 3.63 Å². The Kier molecular flexibility index (Phi) is 9.22. The Bertz CT molecular complexity index is 1400. The second kappa shape index (κ2) is 12.6. The Balaban J connectivity index is 2.14. The molecule has 0 heterocycles. The summed E-state index contributed by atoms with van der Waals surface area (Å²) in [6, 6.07) is 29.0. The van der Waals surface area contributed by atoms with Gasteiger partial charge in [-0.05, 0) is 74.4 Å². The normalized spacial score (nSPS) is 12.1. The molecule has 0 fully saturated rings. The highest BCUT2D eigenvalue weighted by molar-refractivity contribution is 8.33. The van der Waals surface area contributed by atoms with Crippen LogP contribution in [0.15, 0.2) is 117 Å². The highest BCUT2D eigenvalue weighted by atomic mass is 32.3. The Labute approximate surface area is 233 Å².